The summed E-state index contributed by atoms with van der Waals surface area (Å²) in [7, 11) is 0. The van der Waals surface area contributed by atoms with E-state index < -0.39 is 0 Å². The Morgan fingerprint density at radius 1 is 1.09 bits per heavy atom. The number of nitrogens with zero attached hydrogens (tertiary/aromatic N) is 7. The van der Waals surface area contributed by atoms with Gasteiger partial charge in [0.15, 0.2) is 5.82 Å². The lowest BCUT2D eigenvalue weighted by Gasteiger charge is -2.27. The van der Waals surface area contributed by atoms with Gasteiger partial charge in [-0.15, -0.1) is 5.10 Å². The maximum Gasteiger partial charge on any atom is 0.350 e. The number of hydrogen-bond acceptors (Lipinski definition) is 8. The molecule has 4 heterocycles. The first-order chi connectivity index (χ1) is 15.4. The minimum atomic E-state index is -0.286. The third-order valence-corrected chi connectivity index (χ3v) is 5.56. The van der Waals surface area contributed by atoms with Gasteiger partial charge in [-0.05, 0) is 11.0 Å². The summed E-state index contributed by atoms with van der Waals surface area (Å²) in [6.45, 7) is 9.23. The van der Waals surface area contributed by atoms with Gasteiger partial charge < -0.3 is 14.2 Å². The van der Waals surface area contributed by atoms with Crippen molar-refractivity contribution in [1.82, 2.24) is 29.3 Å². The van der Waals surface area contributed by atoms with Gasteiger partial charge in [0, 0.05) is 31.0 Å². The smallest absolute Gasteiger partial charge is 0.350 e. The Morgan fingerprint density at radius 3 is 2.56 bits per heavy atom. The van der Waals surface area contributed by atoms with Crippen LogP contribution in [0.2, 0.25) is 0 Å². The van der Waals surface area contributed by atoms with Crippen molar-refractivity contribution < 1.29 is 9.26 Å². The Kier molecular flexibility index (Phi) is 5.01. The minimum Gasteiger partial charge on any atom is -0.378 e. The molecule has 1 saturated heterocycles. The van der Waals surface area contributed by atoms with Gasteiger partial charge in [0.25, 0.3) is 0 Å². The van der Waals surface area contributed by atoms with E-state index in [1.165, 1.54) is 14.6 Å². The SMILES string of the molecule is CC(C)(C)c1ccc(-c2noc(Cn3nc4c(N5CCOCC5)nccn4c3=O)n2)cc1. The summed E-state index contributed by atoms with van der Waals surface area (Å²) in [5.41, 5.74) is 2.36. The second-order valence-corrected chi connectivity index (χ2v) is 8.82. The van der Waals surface area contributed by atoms with Gasteiger partial charge in [-0.2, -0.15) is 4.98 Å². The standard InChI is InChI=1S/C22H25N7O3/c1-22(2,3)16-6-4-15(5-7-16)18-24-17(32-26-18)14-29-21(30)28-9-8-23-19(20(28)25-29)27-10-12-31-13-11-27/h4-9H,10-14H2,1-3H3. The Labute approximate surface area is 184 Å². The van der Waals surface area contributed by atoms with Gasteiger partial charge in [-0.1, -0.05) is 50.2 Å². The van der Waals surface area contributed by atoms with Crippen molar-refractivity contribution in [2.45, 2.75) is 32.7 Å². The molecule has 4 aromatic rings. The fraction of sp³-hybridized carbons (Fsp3) is 0.409. The highest BCUT2D eigenvalue weighted by atomic mass is 16.5. The van der Waals surface area contributed by atoms with E-state index >= 15 is 0 Å². The average molecular weight is 435 g/mol. The molecule has 1 aliphatic heterocycles. The van der Waals surface area contributed by atoms with E-state index in [0.29, 0.717) is 49.5 Å². The molecule has 10 nitrogen and oxygen atoms in total. The molecular formula is C22H25N7O3. The Morgan fingerprint density at radius 2 is 1.84 bits per heavy atom. The van der Waals surface area contributed by atoms with E-state index in [1.54, 1.807) is 12.4 Å². The minimum absolute atomic E-state index is 0.0696. The zero-order valence-corrected chi connectivity index (χ0v) is 18.4. The van der Waals surface area contributed by atoms with Crippen LogP contribution in [-0.4, -0.2) is 55.6 Å². The maximum absolute atomic E-state index is 12.9. The molecule has 0 N–H and O–H groups in total. The summed E-state index contributed by atoms with van der Waals surface area (Å²) in [6.07, 6.45) is 3.22. The number of benzene rings is 1. The lowest BCUT2D eigenvalue weighted by atomic mass is 9.87. The number of hydrogen-bond donors (Lipinski definition) is 0. The van der Waals surface area contributed by atoms with Crippen LogP contribution in [0.5, 0.6) is 0 Å². The zero-order valence-electron chi connectivity index (χ0n) is 18.4. The molecule has 0 atom stereocenters. The number of anilines is 1. The molecule has 166 valence electrons. The van der Waals surface area contributed by atoms with Crippen LogP contribution >= 0.6 is 0 Å². The molecule has 0 amide bonds. The van der Waals surface area contributed by atoms with Crippen molar-refractivity contribution in [3.63, 3.8) is 0 Å². The summed E-state index contributed by atoms with van der Waals surface area (Å²) in [6, 6.07) is 8.09. The predicted molar refractivity (Wildman–Crippen MR) is 118 cm³/mol. The normalized spacial score (nSPS) is 14.9. The Balaban J connectivity index is 1.41. The summed E-state index contributed by atoms with van der Waals surface area (Å²) in [4.78, 5) is 23.9. The van der Waals surface area contributed by atoms with Crippen LogP contribution in [0.25, 0.3) is 17.0 Å². The zero-order chi connectivity index (χ0) is 22.3. The van der Waals surface area contributed by atoms with Crippen LogP contribution in [0.3, 0.4) is 0 Å². The molecule has 0 radical (unpaired) electrons. The van der Waals surface area contributed by atoms with Crippen molar-refractivity contribution in [3.8, 4) is 11.4 Å². The van der Waals surface area contributed by atoms with E-state index in [2.05, 4.69) is 58.0 Å². The van der Waals surface area contributed by atoms with Gasteiger partial charge in [-0.3, -0.25) is 0 Å². The molecule has 5 rings (SSSR count). The van der Waals surface area contributed by atoms with Crippen molar-refractivity contribution in [1.29, 1.82) is 0 Å². The van der Waals surface area contributed by atoms with E-state index in [0.717, 1.165) is 5.56 Å². The topological polar surface area (TPSA) is 104 Å². The van der Waals surface area contributed by atoms with E-state index in [9.17, 15) is 4.79 Å². The van der Waals surface area contributed by atoms with Crippen molar-refractivity contribution >= 4 is 11.5 Å². The summed E-state index contributed by atoms with van der Waals surface area (Å²) >= 11 is 0. The highest BCUT2D eigenvalue weighted by Crippen LogP contribution is 2.25. The molecule has 0 saturated carbocycles. The Bertz CT molecular complexity index is 1290. The second-order valence-electron chi connectivity index (χ2n) is 8.82. The van der Waals surface area contributed by atoms with Gasteiger partial charge in [0.1, 0.15) is 6.54 Å². The van der Waals surface area contributed by atoms with E-state index in [4.69, 9.17) is 9.26 Å². The predicted octanol–water partition coefficient (Wildman–Crippen LogP) is 2.12. The largest absolute Gasteiger partial charge is 0.378 e. The molecule has 10 heteroatoms. The quantitative estimate of drug-likeness (QED) is 0.480. The third kappa shape index (κ3) is 3.77. The summed E-state index contributed by atoms with van der Waals surface area (Å²) in [5.74, 6) is 1.45. The van der Waals surface area contributed by atoms with Crippen molar-refractivity contribution in [2.75, 3.05) is 31.2 Å². The lowest BCUT2D eigenvalue weighted by Crippen LogP contribution is -2.37. The molecule has 1 aliphatic rings. The average Bonchev–Trinajstić information content (AvgIpc) is 3.39. The molecule has 32 heavy (non-hydrogen) atoms. The molecule has 0 bridgehead atoms. The lowest BCUT2D eigenvalue weighted by molar-refractivity contribution is 0.122. The van der Waals surface area contributed by atoms with E-state index in [1.807, 2.05) is 12.1 Å². The number of fused-ring (bicyclic) bond motifs is 1. The van der Waals surface area contributed by atoms with Crippen LogP contribution in [0.1, 0.15) is 32.2 Å². The molecular weight excluding hydrogens is 410 g/mol. The first-order valence-corrected chi connectivity index (χ1v) is 10.6. The van der Waals surface area contributed by atoms with Gasteiger partial charge in [-0.25, -0.2) is 18.9 Å². The fourth-order valence-electron chi connectivity index (χ4n) is 3.72. The van der Waals surface area contributed by atoms with Crippen LogP contribution in [0.4, 0.5) is 5.82 Å². The molecule has 0 aliphatic carbocycles. The monoisotopic (exact) mass is 435 g/mol. The van der Waals surface area contributed by atoms with E-state index in [-0.39, 0.29) is 17.6 Å². The maximum atomic E-state index is 12.9. The van der Waals surface area contributed by atoms with Gasteiger partial charge in [0.2, 0.25) is 17.4 Å². The fourth-order valence-corrected chi connectivity index (χ4v) is 3.72. The molecule has 0 unspecified atom stereocenters. The van der Waals surface area contributed by atoms with Gasteiger partial charge >= 0.3 is 5.69 Å². The van der Waals surface area contributed by atoms with Crippen LogP contribution < -0.4 is 10.6 Å². The number of ether oxygens (including phenoxy) is 1. The first-order valence-electron chi connectivity index (χ1n) is 10.6. The number of morpholine rings is 1. The number of aromatic nitrogens is 6. The molecule has 3 aromatic heterocycles. The highest BCUT2D eigenvalue weighted by molar-refractivity contribution is 5.63. The second kappa shape index (κ2) is 7.86. The van der Waals surface area contributed by atoms with Crippen LogP contribution in [-0.2, 0) is 16.7 Å². The third-order valence-electron chi connectivity index (χ3n) is 5.56. The van der Waals surface area contributed by atoms with Crippen molar-refractivity contribution in [3.05, 3.63) is 58.6 Å². The molecule has 1 aromatic carbocycles. The highest BCUT2D eigenvalue weighted by Gasteiger charge is 2.20. The van der Waals surface area contributed by atoms with Crippen LogP contribution in [0.15, 0.2) is 46.0 Å². The van der Waals surface area contributed by atoms with Crippen molar-refractivity contribution in [2.24, 2.45) is 0 Å². The summed E-state index contributed by atoms with van der Waals surface area (Å²) in [5, 5.41) is 8.58. The van der Waals surface area contributed by atoms with Gasteiger partial charge in [0.05, 0.1) is 13.2 Å². The Hall–Kier alpha value is -3.53. The van der Waals surface area contributed by atoms with Crippen LogP contribution in [0, 0.1) is 0 Å². The first kappa shape index (κ1) is 20.4. The molecule has 1 fully saturated rings. The molecule has 0 spiro atoms. The number of rotatable bonds is 4. The summed E-state index contributed by atoms with van der Waals surface area (Å²) < 4.78 is 13.6.